The summed E-state index contributed by atoms with van der Waals surface area (Å²) in [6.45, 7) is 8.39. The van der Waals surface area contributed by atoms with Gasteiger partial charge in [0.2, 0.25) is 0 Å². The average Bonchev–Trinajstić information content (AvgIpc) is 2.77. The number of thiazole rings is 1. The number of hydrogen-bond acceptors (Lipinski definition) is 5. The molecule has 112 valence electrons. The van der Waals surface area contributed by atoms with Gasteiger partial charge < -0.3 is 9.47 Å². The largest absolute Gasteiger partial charge is 0.486 e. The van der Waals surface area contributed by atoms with Crippen LogP contribution in [0.3, 0.4) is 0 Å². The minimum absolute atomic E-state index is 0.315. The van der Waals surface area contributed by atoms with Gasteiger partial charge in [0, 0.05) is 0 Å². The zero-order chi connectivity index (χ0) is 15.4. The van der Waals surface area contributed by atoms with Gasteiger partial charge in [0.25, 0.3) is 0 Å². The lowest BCUT2D eigenvalue weighted by Crippen LogP contribution is -2.03. The number of aryl methyl sites for hydroxylation is 3. The van der Waals surface area contributed by atoms with E-state index in [1.807, 2.05) is 32.9 Å². The number of ether oxygens (including phenoxy) is 2. The minimum Gasteiger partial charge on any atom is -0.486 e. The number of carbonyl (C=O) groups is 1. The lowest BCUT2D eigenvalue weighted by molar-refractivity contribution is 0.0531. The van der Waals surface area contributed by atoms with Crippen molar-refractivity contribution in [2.24, 2.45) is 0 Å². The van der Waals surface area contributed by atoms with Crippen molar-refractivity contribution in [1.82, 2.24) is 4.98 Å². The summed E-state index contributed by atoms with van der Waals surface area (Å²) in [5.74, 6) is 0.503. The quantitative estimate of drug-likeness (QED) is 0.788. The molecule has 1 heterocycles. The molecule has 5 heteroatoms. The fourth-order valence-corrected chi connectivity index (χ4v) is 2.93. The van der Waals surface area contributed by atoms with Crippen LogP contribution in [0, 0.1) is 20.8 Å². The first kappa shape index (κ1) is 15.5. The molecule has 1 aromatic heterocycles. The van der Waals surface area contributed by atoms with Gasteiger partial charge in [-0.05, 0) is 51.0 Å². The fraction of sp³-hybridized carbons (Fsp3) is 0.375. The second kappa shape index (κ2) is 6.72. The third-order valence-electron chi connectivity index (χ3n) is 2.86. The topological polar surface area (TPSA) is 48.4 Å². The summed E-state index contributed by atoms with van der Waals surface area (Å²) in [6, 6.07) is 6.07. The van der Waals surface area contributed by atoms with E-state index < -0.39 is 0 Å². The fourth-order valence-electron chi connectivity index (χ4n) is 2.06. The van der Waals surface area contributed by atoms with Gasteiger partial charge in [0.15, 0.2) is 0 Å². The van der Waals surface area contributed by atoms with Crippen LogP contribution in [0.5, 0.6) is 5.75 Å². The zero-order valence-corrected chi connectivity index (χ0v) is 13.5. The molecule has 0 aliphatic rings. The lowest BCUT2D eigenvalue weighted by Gasteiger charge is -2.06. The summed E-state index contributed by atoms with van der Waals surface area (Å²) in [7, 11) is 0. The van der Waals surface area contributed by atoms with Crippen LogP contribution in [-0.4, -0.2) is 17.6 Å². The first-order valence-corrected chi connectivity index (χ1v) is 7.65. The van der Waals surface area contributed by atoms with Crippen molar-refractivity contribution in [1.29, 1.82) is 0 Å². The van der Waals surface area contributed by atoms with Crippen molar-refractivity contribution < 1.29 is 14.3 Å². The van der Waals surface area contributed by atoms with E-state index in [1.54, 1.807) is 6.92 Å². The van der Waals surface area contributed by atoms with Crippen molar-refractivity contribution in [3.63, 3.8) is 0 Å². The summed E-state index contributed by atoms with van der Waals surface area (Å²) >= 11 is 1.32. The number of aromatic nitrogens is 1. The molecule has 4 nitrogen and oxygen atoms in total. The highest BCUT2D eigenvalue weighted by Gasteiger charge is 2.16. The van der Waals surface area contributed by atoms with Crippen molar-refractivity contribution in [3.8, 4) is 5.75 Å². The van der Waals surface area contributed by atoms with E-state index in [0.717, 1.165) is 21.9 Å². The molecule has 0 saturated heterocycles. The van der Waals surface area contributed by atoms with Gasteiger partial charge in [-0.3, -0.25) is 0 Å². The normalized spacial score (nSPS) is 10.5. The summed E-state index contributed by atoms with van der Waals surface area (Å²) in [4.78, 5) is 16.7. The molecule has 21 heavy (non-hydrogen) atoms. The highest BCUT2D eigenvalue weighted by Crippen LogP contribution is 2.22. The Morgan fingerprint density at radius 3 is 2.48 bits per heavy atom. The molecule has 0 atom stereocenters. The predicted molar refractivity (Wildman–Crippen MR) is 83.1 cm³/mol. The van der Waals surface area contributed by atoms with Crippen LogP contribution in [0.4, 0.5) is 0 Å². The Kier molecular flexibility index (Phi) is 4.96. The van der Waals surface area contributed by atoms with Crippen LogP contribution >= 0.6 is 11.3 Å². The molecule has 1 aromatic carbocycles. The third kappa shape index (κ3) is 4.04. The highest BCUT2D eigenvalue weighted by molar-refractivity contribution is 7.13. The number of nitrogens with zero attached hydrogens (tertiary/aromatic N) is 1. The zero-order valence-electron chi connectivity index (χ0n) is 12.7. The first-order valence-electron chi connectivity index (χ1n) is 6.84. The number of rotatable bonds is 5. The smallest absolute Gasteiger partial charge is 0.350 e. The molecule has 0 aliphatic heterocycles. The Morgan fingerprint density at radius 2 is 1.86 bits per heavy atom. The molecule has 0 N–H and O–H groups in total. The molecule has 0 amide bonds. The number of carbonyl (C=O) groups excluding carboxylic acids is 1. The van der Waals surface area contributed by atoms with Crippen molar-refractivity contribution in [3.05, 3.63) is 44.9 Å². The average molecular weight is 305 g/mol. The summed E-state index contributed by atoms with van der Waals surface area (Å²) in [5, 5.41) is 0.773. The van der Waals surface area contributed by atoms with Gasteiger partial charge in [0.05, 0.1) is 12.3 Å². The highest BCUT2D eigenvalue weighted by atomic mass is 32.1. The summed E-state index contributed by atoms with van der Waals surface area (Å²) < 4.78 is 10.8. The van der Waals surface area contributed by atoms with E-state index in [0.29, 0.717) is 23.8 Å². The van der Waals surface area contributed by atoms with E-state index in [-0.39, 0.29) is 5.97 Å². The Morgan fingerprint density at radius 1 is 1.19 bits per heavy atom. The predicted octanol–water partition coefficient (Wildman–Crippen LogP) is 3.82. The van der Waals surface area contributed by atoms with E-state index in [1.165, 1.54) is 11.3 Å². The maximum atomic E-state index is 11.7. The molecular formula is C16H19NO3S. The molecule has 0 bridgehead atoms. The standard InChI is InChI=1S/C16H19NO3S/c1-5-19-16(18)15-12(4)17-14(21-15)9-20-13-7-10(2)6-11(3)8-13/h6-8H,5,9H2,1-4H3. The molecule has 0 fully saturated rings. The van der Waals surface area contributed by atoms with Crippen LogP contribution < -0.4 is 4.74 Å². The van der Waals surface area contributed by atoms with Crippen LogP contribution in [0.1, 0.15) is 38.4 Å². The molecule has 2 rings (SSSR count). The monoisotopic (exact) mass is 305 g/mol. The minimum atomic E-state index is -0.315. The second-order valence-corrected chi connectivity index (χ2v) is 5.94. The third-order valence-corrected chi connectivity index (χ3v) is 3.97. The Hall–Kier alpha value is -1.88. The maximum Gasteiger partial charge on any atom is 0.350 e. The van der Waals surface area contributed by atoms with Gasteiger partial charge in [-0.25, -0.2) is 9.78 Å². The van der Waals surface area contributed by atoms with Crippen LogP contribution in [0.15, 0.2) is 18.2 Å². The molecule has 0 unspecified atom stereocenters. The van der Waals surface area contributed by atoms with Crippen LogP contribution in [-0.2, 0) is 11.3 Å². The molecule has 2 aromatic rings. The number of esters is 1. The SMILES string of the molecule is CCOC(=O)c1sc(COc2cc(C)cc(C)c2)nc1C. The summed E-state index contributed by atoms with van der Waals surface area (Å²) in [6.07, 6.45) is 0. The number of hydrogen-bond donors (Lipinski definition) is 0. The second-order valence-electron chi connectivity index (χ2n) is 4.85. The van der Waals surface area contributed by atoms with Crippen LogP contribution in [0.25, 0.3) is 0 Å². The van der Waals surface area contributed by atoms with E-state index in [4.69, 9.17) is 9.47 Å². The van der Waals surface area contributed by atoms with Crippen molar-refractivity contribution in [2.45, 2.75) is 34.3 Å². The molecule has 0 aliphatic carbocycles. The Labute approximate surface area is 128 Å². The van der Waals surface area contributed by atoms with Crippen LogP contribution in [0.2, 0.25) is 0 Å². The maximum absolute atomic E-state index is 11.7. The molecule has 0 spiro atoms. The Bertz CT molecular complexity index is 629. The van der Waals surface area contributed by atoms with Gasteiger partial charge in [-0.2, -0.15) is 0 Å². The van der Waals surface area contributed by atoms with Crippen molar-refractivity contribution in [2.75, 3.05) is 6.61 Å². The van der Waals surface area contributed by atoms with Gasteiger partial charge >= 0.3 is 5.97 Å². The Balaban J connectivity index is 2.07. The van der Waals surface area contributed by atoms with E-state index in [2.05, 4.69) is 11.1 Å². The van der Waals surface area contributed by atoms with Gasteiger partial charge in [-0.1, -0.05) is 6.07 Å². The summed E-state index contributed by atoms with van der Waals surface area (Å²) in [5.41, 5.74) is 3.01. The van der Waals surface area contributed by atoms with Gasteiger partial charge in [-0.15, -0.1) is 11.3 Å². The molecular weight excluding hydrogens is 286 g/mol. The molecule has 0 radical (unpaired) electrons. The number of benzene rings is 1. The molecule has 0 saturated carbocycles. The first-order chi connectivity index (χ1) is 9.99. The lowest BCUT2D eigenvalue weighted by atomic mass is 10.1. The van der Waals surface area contributed by atoms with Crippen molar-refractivity contribution >= 4 is 17.3 Å². The van der Waals surface area contributed by atoms with Gasteiger partial charge in [0.1, 0.15) is 22.2 Å². The van der Waals surface area contributed by atoms with E-state index in [9.17, 15) is 4.79 Å². The van der Waals surface area contributed by atoms with E-state index >= 15 is 0 Å².